The van der Waals surface area contributed by atoms with Gasteiger partial charge in [-0.25, -0.2) is 0 Å². The number of para-hydroxylation sites is 1. The van der Waals surface area contributed by atoms with Crippen LogP contribution in [0.15, 0.2) is 48.5 Å². The quantitative estimate of drug-likeness (QED) is 0.755. The zero-order valence-corrected chi connectivity index (χ0v) is 10.6. The molecule has 0 spiro atoms. The van der Waals surface area contributed by atoms with E-state index in [9.17, 15) is 0 Å². The molecule has 2 aromatic carbocycles. The van der Waals surface area contributed by atoms with Crippen LogP contribution in [0.5, 0.6) is 11.5 Å². The predicted molar refractivity (Wildman–Crippen MR) is 70.9 cm³/mol. The lowest BCUT2D eigenvalue weighted by Gasteiger charge is -2.11. The van der Waals surface area contributed by atoms with Crippen LogP contribution in [-0.4, -0.2) is 21.0 Å². The first kappa shape index (κ1) is 12.5. The second kappa shape index (κ2) is 6.07. The molecule has 0 N–H and O–H groups in total. The molecule has 0 aliphatic carbocycles. The molecule has 0 aliphatic heterocycles. The second-order valence-electron chi connectivity index (χ2n) is 3.78. The highest BCUT2D eigenvalue weighted by Gasteiger charge is 2.05. The molecule has 0 saturated heterocycles. The second-order valence-corrected chi connectivity index (χ2v) is 3.78. The smallest absolute Gasteiger partial charge is 0.188 e. The Kier molecular flexibility index (Phi) is 4.20. The number of benzene rings is 2. The van der Waals surface area contributed by atoms with Crippen molar-refractivity contribution in [2.24, 2.45) is 0 Å². The molecule has 2 aromatic rings. The van der Waals surface area contributed by atoms with Crippen molar-refractivity contribution >= 4 is 0 Å². The Labute approximate surface area is 107 Å². The summed E-state index contributed by atoms with van der Waals surface area (Å²) in [6.07, 6.45) is 0. The van der Waals surface area contributed by atoms with E-state index >= 15 is 0 Å². The number of methoxy groups -OCH3 is 2. The minimum atomic E-state index is 0.243. The monoisotopic (exact) mass is 244 g/mol. The molecular formula is C15H16O3. The van der Waals surface area contributed by atoms with Crippen molar-refractivity contribution in [3.63, 3.8) is 0 Å². The van der Waals surface area contributed by atoms with Gasteiger partial charge in [0.2, 0.25) is 0 Å². The average Bonchev–Trinajstić information content (AvgIpc) is 2.45. The van der Waals surface area contributed by atoms with E-state index in [0.29, 0.717) is 0 Å². The molecule has 0 bridgehead atoms. The molecule has 0 heterocycles. The zero-order valence-electron chi connectivity index (χ0n) is 10.6. The van der Waals surface area contributed by atoms with Crippen LogP contribution >= 0.6 is 0 Å². The van der Waals surface area contributed by atoms with Gasteiger partial charge in [0.15, 0.2) is 6.79 Å². The summed E-state index contributed by atoms with van der Waals surface area (Å²) < 4.78 is 15.6. The van der Waals surface area contributed by atoms with Crippen LogP contribution in [0.25, 0.3) is 11.1 Å². The van der Waals surface area contributed by atoms with Gasteiger partial charge in [-0.05, 0) is 23.8 Å². The molecule has 0 aliphatic rings. The molecule has 0 amide bonds. The summed E-state index contributed by atoms with van der Waals surface area (Å²) in [6, 6.07) is 15.8. The Hall–Kier alpha value is -2.00. The minimum absolute atomic E-state index is 0.243. The van der Waals surface area contributed by atoms with Gasteiger partial charge in [-0.2, -0.15) is 0 Å². The molecule has 3 nitrogen and oxygen atoms in total. The van der Waals surface area contributed by atoms with Gasteiger partial charge in [0.1, 0.15) is 11.5 Å². The van der Waals surface area contributed by atoms with Gasteiger partial charge < -0.3 is 14.2 Å². The summed E-state index contributed by atoms with van der Waals surface area (Å²) >= 11 is 0. The Morgan fingerprint density at radius 3 is 2.28 bits per heavy atom. The lowest BCUT2D eigenvalue weighted by Crippen LogP contribution is -2.00. The van der Waals surface area contributed by atoms with Gasteiger partial charge in [-0.1, -0.05) is 30.3 Å². The Morgan fingerprint density at radius 1 is 0.889 bits per heavy atom. The highest BCUT2D eigenvalue weighted by Crippen LogP contribution is 2.30. The highest BCUT2D eigenvalue weighted by atomic mass is 16.7. The molecular weight excluding hydrogens is 228 g/mol. The van der Waals surface area contributed by atoms with E-state index in [1.165, 1.54) is 0 Å². The maximum atomic E-state index is 5.54. The summed E-state index contributed by atoms with van der Waals surface area (Å²) in [5, 5.41) is 0. The van der Waals surface area contributed by atoms with Crippen LogP contribution in [0, 0.1) is 0 Å². The molecule has 94 valence electrons. The van der Waals surface area contributed by atoms with E-state index in [4.69, 9.17) is 14.2 Å². The third-order valence-electron chi connectivity index (χ3n) is 2.62. The maximum Gasteiger partial charge on any atom is 0.188 e. The lowest BCUT2D eigenvalue weighted by molar-refractivity contribution is 0.0515. The third kappa shape index (κ3) is 2.81. The van der Waals surface area contributed by atoms with Crippen molar-refractivity contribution in [2.75, 3.05) is 21.0 Å². The van der Waals surface area contributed by atoms with E-state index in [1.807, 2.05) is 48.5 Å². The first-order valence-corrected chi connectivity index (χ1v) is 5.70. The predicted octanol–water partition coefficient (Wildman–Crippen LogP) is 3.34. The first-order chi connectivity index (χ1) is 8.85. The molecule has 0 atom stereocenters. The Balaban J connectivity index is 2.30. The topological polar surface area (TPSA) is 27.7 Å². The van der Waals surface area contributed by atoms with E-state index < -0.39 is 0 Å². The molecule has 0 aromatic heterocycles. The van der Waals surface area contributed by atoms with Gasteiger partial charge in [-0.3, -0.25) is 0 Å². The van der Waals surface area contributed by atoms with E-state index in [-0.39, 0.29) is 6.79 Å². The Bertz CT molecular complexity index is 491. The van der Waals surface area contributed by atoms with Crippen LogP contribution in [0.4, 0.5) is 0 Å². The van der Waals surface area contributed by atoms with E-state index in [2.05, 4.69) is 0 Å². The third-order valence-corrected chi connectivity index (χ3v) is 2.62. The van der Waals surface area contributed by atoms with Gasteiger partial charge in [0.05, 0.1) is 7.11 Å². The highest BCUT2D eigenvalue weighted by molar-refractivity contribution is 5.70. The van der Waals surface area contributed by atoms with Crippen LogP contribution < -0.4 is 9.47 Å². The van der Waals surface area contributed by atoms with Gasteiger partial charge in [-0.15, -0.1) is 0 Å². The van der Waals surface area contributed by atoms with Crippen molar-refractivity contribution in [3.8, 4) is 22.6 Å². The summed E-state index contributed by atoms with van der Waals surface area (Å²) in [7, 11) is 3.26. The van der Waals surface area contributed by atoms with E-state index in [1.54, 1.807) is 14.2 Å². The molecule has 0 radical (unpaired) electrons. The summed E-state index contributed by atoms with van der Waals surface area (Å²) in [6.45, 7) is 0.243. The van der Waals surface area contributed by atoms with Crippen molar-refractivity contribution in [2.45, 2.75) is 0 Å². The summed E-state index contributed by atoms with van der Waals surface area (Å²) in [4.78, 5) is 0. The van der Waals surface area contributed by atoms with Gasteiger partial charge >= 0.3 is 0 Å². The summed E-state index contributed by atoms with van der Waals surface area (Å²) in [5.74, 6) is 1.65. The molecule has 2 rings (SSSR count). The van der Waals surface area contributed by atoms with Gasteiger partial charge in [0.25, 0.3) is 0 Å². The van der Waals surface area contributed by atoms with Crippen LogP contribution in [0.2, 0.25) is 0 Å². The molecule has 0 unspecified atom stereocenters. The van der Waals surface area contributed by atoms with Crippen molar-refractivity contribution < 1.29 is 14.2 Å². The van der Waals surface area contributed by atoms with Crippen molar-refractivity contribution in [1.29, 1.82) is 0 Å². The maximum absolute atomic E-state index is 5.54. The minimum Gasteiger partial charge on any atom is -0.497 e. The zero-order chi connectivity index (χ0) is 12.8. The number of ether oxygens (including phenoxy) is 3. The number of hydrogen-bond acceptors (Lipinski definition) is 3. The van der Waals surface area contributed by atoms with Crippen molar-refractivity contribution in [3.05, 3.63) is 48.5 Å². The van der Waals surface area contributed by atoms with Crippen LogP contribution in [0.1, 0.15) is 0 Å². The standard InChI is InChI=1S/C15H16O3/c1-16-11-18-15-6-4-3-5-14(15)12-7-9-13(17-2)10-8-12/h3-10H,11H2,1-2H3. The average molecular weight is 244 g/mol. The number of rotatable bonds is 5. The summed E-state index contributed by atoms with van der Waals surface area (Å²) in [5.41, 5.74) is 2.12. The van der Waals surface area contributed by atoms with Crippen LogP contribution in [-0.2, 0) is 4.74 Å². The fraction of sp³-hybridized carbons (Fsp3) is 0.200. The lowest BCUT2D eigenvalue weighted by atomic mass is 10.0. The first-order valence-electron chi connectivity index (χ1n) is 5.70. The fourth-order valence-electron chi connectivity index (χ4n) is 1.72. The van der Waals surface area contributed by atoms with Crippen molar-refractivity contribution in [1.82, 2.24) is 0 Å². The molecule has 0 fully saturated rings. The number of hydrogen-bond donors (Lipinski definition) is 0. The van der Waals surface area contributed by atoms with Crippen LogP contribution in [0.3, 0.4) is 0 Å². The molecule has 0 saturated carbocycles. The molecule has 18 heavy (non-hydrogen) atoms. The normalized spacial score (nSPS) is 10.1. The Morgan fingerprint density at radius 2 is 1.61 bits per heavy atom. The fourth-order valence-corrected chi connectivity index (χ4v) is 1.72. The molecule has 3 heteroatoms. The van der Waals surface area contributed by atoms with Gasteiger partial charge in [0, 0.05) is 12.7 Å². The SMILES string of the molecule is COCOc1ccccc1-c1ccc(OC)cc1. The van der Waals surface area contributed by atoms with E-state index in [0.717, 1.165) is 22.6 Å². The largest absolute Gasteiger partial charge is 0.497 e.